The van der Waals surface area contributed by atoms with E-state index in [1.54, 1.807) is 0 Å². The number of allylic oxidation sites excluding steroid dienone is 3. The Labute approximate surface area is 187 Å². The molecule has 0 fully saturated rings. The second kappa shape index (κ2) is 24.2. The van der Waals surface area contributed by atoms with Crippen molar-refractivity contribution in [2.75, 3.05) is 0 Å². The fourth-order valence-electron chi connectivity index (χ4n) is 3.68. The number of rotatable bonds is 23. The lowest BCUT2D eigenvalue weighted by molar-refractivity contribution is -0.137. The van der Waals surface area contributed by atoms with E-state index in [9.17, 15) is 9.90 Å². The second-order valence-corrected chi connectivity index (χ2v) is 8.74. The molecule has 0 aliphatic carbocycles. The van der Waals surface area contributed by atoms with Gasteiger partial charge in [-0.15, -0.1) is 0 Å². The van der Waals surface area contributed by atoms with Crippen LogP contribution in [0.2, 0.25) is 0 Å². The van der Waals surface area contributed by atoms with Crippen LogP contribution in [-0.4, -0.2) is 22.3 Å². The Hall–Kier alpha value is -1.09. The van der Waals surface area contributed by atoms with Crippen molar-refractivity contribution in [3.63, 3.8) is 0 Å². The monoisotopic (exact) mass is 422 g/mol. The third kappa shape index (κ3) is 24.9. The molecule has 0 aliphatic heterocycles. The third-order valence-corrected chi connectivity index (χ3v) is 5.67. The van der Waals surface area contributed by atoms with Gasteiger partial charge in [-0.1, -0.05) is 121 Å². The van der Waals surface area contributed by atoms with E-state index in [1.807, 2.05) is 0 Å². The first-order chi connectivity index (χ1) is 14.7. The molecule has 2 N–H and O–H groups in total. The summed E-state index contributed by atoms with van der Waals surface area (Å²) in [5, 5.41) is 18.6. The van der Waals surface area contributed by atoms with E-state index in [-0.39, 0.29) is 6.10 Å². The molecule has 30 heavy (non-hydrogen) atoms. The van der Waals surface area contributed by atoms with Gasteiger partial charge in [-0.05, 0) is 32.1 Å². The number of aliphatic carboxylic acids is 1. The average molecular weight is 423 g/mol. The number of carboxylic acids is 1. The van der Waals surface area contributed by atoms with Crippen LogP contribution in [0.4, 0.5) is 0 Å². The Balaban J connectivity index is 3.24. The van der Waals surface area contributed by atoms with E-state index in [2.05, 4.69) is 31.2 Å². The molecule has 0 aliphatic rings. The van der Waals surface area contributed by atoms with E-state index in [4.69, 9.17) is 5.11 Å². The average Bonchev–Trinajstić information content (AvgIpc) is 2.72. The molecule has 1 atom stereocenters. The smallest absolute Gasteiger partial charge is 0.303 e. The first-order valence-corrected chi connectivity index (χ1v) is 12.9. The molecule has 0 aromatic rings. The van der Waals surface area contributed by atoms with Gasteiger partial charge in [0.25, 0.3) is 0 Å². The molecular formula is C27H50O3. The lowest BCUT2D eigenvalue weighted by atomic mass is 10.0. The molecule has 0 heterocycles. The van der Waals surface area contributed by atoms with Gasteiger partial charge >= 0.3 is 5.97 Å². The highest BCUT2D eigenvalue weighted by Gasteiger charge is 2.01. The molecule has 3 nitrogen and oxygen atoms in total. The number of hydrogen-bond acceptors (Lipinski definition) is 2. The summed E-state index contributed by atoms with van der Waals surface area (Å²) >= 11 is 0. The van der Waals surface area contributed by atoms with Gasteiger partial charge in [-0.25, -0.2) is 0 Å². The summed E-state index contributed by atoms with van der Waals surface area (Å²) in [6.07, 6.45) is 31.4. The lowest BCUT2D eigenvalue weighted by Crippen LogP contribution is -2.04. The summed E-state index contributed by atoms with van der Waals surface area (Å²) in [5.41, 5.74) is 0. The number of carbonyl (C=O) groups is 1. The molecule has 0 aromatic carbocycles. The van der Waals surface area contributed by atoms with Crippen LogP contribution in [0.3, 0.4) is 0 Å². The van der Waals surface area contributed by atoms with Crippen molar-refractivity contribution < 1.29 is 15.0 Å². The van der Waals surface area contributed by atoms with Gasteiger partial charge in [0.05, 0.1) is 6.10 Å². The standard InChI is InChI=1S/C27H50O3/c1-2-3-4-5-6-14-17-20-23-26(28)24-21-18-15-12-10-8-7-9-11-13-16-19-22-25-27(29)30/h5-6,17,20,26,28H,2-4,7-16,18-19,21-25H2,1H3,(H,29,30). The predicted octanol–water partition coefficient (Wildman–Crippen LogP) is 8.37. The maximum absolute atomic E-state index is 10.4. The highest BCUT2D eigenvalue weighted by atomic mass is 16.4. The van der Waals surface area contributed by atoms with Gasteiger partial charge in [0.1, 0.15) is 0 Å². The number of hydrogen-bond donors (Lipinski definition) is 2. The van der Waals surface area contributed by atoms with Crippen LogP contribution in [0.15, 0.2) is 24.3 Å². The van der Waals surface area contributed by atoms with Crippen molar-refractivity contribution in [1.82, 2.24) is 0 Å². The molecular weight excluding hydrogens is 372 g/mol. The van der Waals surface area contributed by atoms with Gasteiger partial charge in [-0.3, -0.25) is 4.79 Å². The zero-order chi connectivity index (χ0) is 22.1. The fourth-order valence-corrected chi connectivity index (χ4v) is 3.68. The summed E-state index contributed by atoms with van der Waals surface area (Å²) < 4.78 is 0. The SMILES string of the molecule is CCCCC=CCC=CCC(O)CCCCCCCCCCCCCCCC(=O)O. The zero-order valence-electron chi connectivity index (χ0n) is 19.8. The predicted molar refractivity (Wildman–Crippen MR) is 130 cm³/mol. The third-order valence-electron chi connectivity index (χ3n) is 5.67. The number of unbranched alkanes of at least 4 members (excludes halogenated alkanes) is 14. The van der Waals surface area contributed by atoms with Gasteiger partial charge in [0, 0.05) is 6.42 Å². The molecule has 0 saturated heterocycles. The molecule has 0 amide bonds. The largest absolute Gasteiger partial charge is 0.481 e. The Morgan fingerprint density at radius 1 is 0.700 bits per heavy atom. The van der Waals surface area contributed by atoms with E-state index in [0.717, 1.165) is 38.5 Å². The van der Waals surface area contributed by atoms with Crippen molar-refractivity contribution >= 4 is 5.97 Å². The first kappa shape index (κ1) is 28.9. The van der Waals surface area contributed by atoms with E-state index in [0.29, 0.717) is 6.42 Å². The minimum absolute atomic E-state index is 0.172. The number of aliphatic hydroxyl groups excluding tert-OH is 1. The van der Waals surface area contributed by atoms with Crippen molar-refractivity contribution in [3.8, 4) is 0 Å². The molecule has 176 valence electrons. The van der Waals surface area contributed by atoms with Crippen LogP contribution in [0.25, 0.3) is 0 Å². The zero-order valence-corrected chi connectivity index (χ0v) is 19.8. The normalized spacial score (nSPS) is 12.9. The Bertz CT molecular complexity index is 414. The van der Waals surface area contributed by atoms with Crippen LogP contribution in [0, 0.1) is 0 Å². The first-order valence-electron chi connectivity index (χ1n) is 12.9. The van der Waals surface area contributed by atoms with Gasteiger partial charge in [-0.2, -0.15) is 0 Å². The molecule has 0 aromatic heterocycles. The van der Waals surface area contributed by atoms with Crippen LogP contribution < -0.4 is 0 Å². The summed E-state index contributed by atoms with van der Waals surface area (Å²) in [6.45, 7) is 2.22. The van der Waals surface area contributed by atoms with Crippen LogP contribution in [0.1, 0.15) is 135 Å². The molecule has 0 spiro atoms. The Kier molecular flexibility index (Phi) is 23.3. The maximum atomic E-state index is 10.4. The van der Waals surface area contributed by atoms with E-state index < -0.39 is 5.97 Å². The number of aliphatic hydroxyl groups is 1. The summed E-state index contributed by atoms with van der Waals surface area (Å²) in [5.74, 6) is -0.667. The van der Waals surface area contributed by atoms with Crippen molar-refractivity contribution in [3.05, 3.63) is 24.3 Å². The maximum Gasteiger partial charge on any atom is 0.303 e. The lowest BCUT2D eigenvalue weighted by Gasteiger charge is -2.07. The van der Waals surface area contributed by atoms with Gasteiger partial charge in [0.2, 0.25) is 0 Å². The topological polar surface area (TPSA) is 57.5 Å². The van der Waals surface area contributed by atoms with Crippen LogP contribution in [0.5, 0.6) is 0 Å². The highest BCUT2D eigenvalue weighted by Crippen LogP contribution is 2.14. The summed E-state index contributed by atoms with van der Waals surface area (Å²) in [6, 6.07) is 0. The summed E-state index contributed by atoms with van der Waals surface area (Å²) in [4.78, 5) is 10.4. The minimum Gasteiger partial charge on any atom is -0.481 e. The minimum atomic E-state index is -0.667. The Morgan fingerprint density at radius 2 is 1.20 bits per heavy atom. The quantitative estimate of drug-likeness (QED) is 0.128. The number of carboxylic acid groups (broad SMARTS) is 1. The second-order valence-electron chi connectivity index (χ2n) is 8.74. The molecule has 3 heteroatoms. The molecule has 0 bridgehead atoms. The van der Waals surface area contributed by atoms with Crippen molar-refractivity contribution in [2.45, 2.75) is 141 Å². The van der Waals surface area contributed by atoms with E-state index in [1.165, 1.54) is 83.5 Å². The summed E-state index contributed by atoms with van der Waals surface area (Å²) in [7, 11) is 0. The van der Waals surface area contributed by atoms with Crippen LogP contribution in [-0.2, 0) is 4.79 Å². The molecule has 1 unspecified atom stereocenters. The highest BCUT2D eigenvalue weighted by molar-refractivity contribution is 5.66. The molecule has 0 rings (SSSR count). The van der Waals surface area contributed by atoms with Crippen molar-refractivity contribution in [2.24, 2.45) is 0 Å². The molecule has 0 saturated carbocycles. The molecule has 0 radical (unpaired) electrons. The Morgan fingerprint density at radius 3 is 1.73 bits per heavy atom. The van der Waals surface area contributed by atoms with Gasteiger partial charge < -0.3 is 10.2 Å². The van der Waals surface area contributed by atoms with E-state index >= 15 is 0 Å². The fraction of sp³-hybridized carbons (Fsp3) is 0.815. The van der Waals surface area contributed by atoms with Gasteiger partial charge in [0.15, 0.2) is 0 Å². The van der Waals surface area contributed by atoms with Crippen LogP contribution >= 0.6 is 0 Å². The van der Waals surface area contributed by atoms with Crippen molar-refractivity contribution in [1.29, 1.82) is 0 Å².